The van der Waals surface area contributed by atoms with Gasteiger partial charge in [-0.1, -0.05) is 65.1 Å². The summed E-state index contributed by atoms with van der Waals surface area (Å²) in [6.07, 6.45) is -0.741. The van der Waals surface area contributed by atoms with E-state index in [0.29, 0.717) is 0 Å². The number of amides is 1. The minimum absolute atomic E-state index is 0.158. The first-order valence-electron chi connectivity index (χ1n) is 5.49. The van der Waals surface area contributed by atoms with Gasteiger partial charge in [-0.2, -0.15) is 0 Å². The Labute approximate surface area is 120 Å². The molecule has 98 valence electrons. The Hall–Kier alpha value is -0.480. The number of carbonyl (C=O) groups is 1. The fraction of sp³-hybridized carbons (Fsp3) is 0.417. The summed E-state index contributed by atoms with van der Waals surface area (Å²) in [4.78, 5) is 11.8. The first-order chi connectivity index (χ1) is 8.39. The van der Waals surface area contributed by atoms with Crippen LogP contribution in [0, 0.1) is 5.92 Å². The number of aliphatic hydroxyl groups is 1. The molecule has 1 saturated carbocycles. The molecule has 0 aromatic heterocycles. The number of halogens is 3. The monoisotopic (exact) mass is 307 g/mol. The number of benzene rings is 1. The summed E-state index contributed by atoms with van der Waals surface area (Å²) in [5.41, 5.74) is 1.11. The minimum Gasteiger partial charge on any atom is -0.369 e. The third-order valence-corrected chi connectivity index (χ3v) is 3.56. The number of rotatable bonds is 3. The summed E-state index contributed by atoms with van der Waals surface area (Å²) in [6, 6.07) is 9.73. The van der Waals surface area contributed by atoms with Crippen molar-refractivity contribution in [2.45, 2.75) is 22.4 Å². The van der Waals surface area contributed by atoms with E-state index in [4.69, 9.17) is 34.8 Å². The molecule has 6 heteroatoms. The van der Waals surface area contributed by atoms with Gasteiger partial charge in [0.1, 0.15) is 0 Å². The highest BCUT2D eigenvalue weighted by atomic mass is 35.6. The molecule has 2 N–H and O–H groups in total. The van der Waals surface area contributed by atoms with Crippen LogP contribution in [-0.2, 0) is 4.79 Å². The van der Waals surface area contributed by atoms with Crippen molar-refractivity contribution in [2.75, 3.05) is 0 Å². The Bertz CT molecular complexity index is 433. The molecule has 0 radical (unpaired) electrons. The van der Waals surface area contributed by atoms with Crippen LogP contribution in [0.15, 0.2) is 30.3 Å². The van der Waals surface area contributed by atoms with E-state index in [9.17, 15) is 9.90 Å². The Kier molecular flexibility index (Phi) is 4.07. The molecule has 1 aliphatic rings. The molecule has 18 heavy (non-hydrogen) atoms. The van der Waals surface area contributed by atoms with Crippen LogP contribution in [0.1, 0.15) is 17.9 Å². The number of hydrogen-bond acceptors (Lipinski definition) is 2. The summed E-state index contributed by atoms with van der Waals surface area (Å²) in [7, 11) is 0. The number of alkyl halides is 3. The van der Waals surface area contributed by atoms with E-state index >= 15 is 0 Å². The van der Waals surface area contributed by atoms with Crippen LogP contribution < -0.4 is 5.32 Å². The highest BCUT2D eigenvalue weighted by molar-refractivity contribution is 6.68. The third kappa shape index (κ3) is 3.29. The average Bonchev–Trinajstić information content (AvgIpc) is 3.08. The van der Waals surface area contributed by atoms with E-state index in [1.807, 2.05) is 30.3 Å². The van der Waals surface area contributed by atoms with Gasteiger partial charge in [-0.15, -0.1) is 0 Å². The first-order valence-corrected chi connectivity index (χ1v) is 6.63. The zero-order valence-corrected chi connectivity index (χ0v) is 11.6. The SMILES string of the molecule is O=C(N[C@H](O)C(Cl)(Cl)Cl)[C@H]1C[C@@H]1c1ccccc1. The van der Waals surface area contributed by atoms with Gasteiger partial charge in [0.15, 0.2) is 6.23 Å². The number of nitrogens with one attached hydrogen (secondary N) is 1. The van der Waals surface area contributed by atoms with Crippen molar-refractivity contribution in [3.8, 4) is 0 Å². The molecule has 3 atom stereocenters. The predicted molar refractivity (Wildman–Crippen MR) is 71.7 cm³/mol. The van der Waals surface area contributed by atoms with Crippen LogP contribution in [0.5, 0.6) is 0 Å². The molecular weight excluding hydrogens is 296 g/mol. The molecule has 1 aromatic carbocycles. The molecule has 1 amide bonds. The van der Waals surface area contributed by atoms with Crippen molar-refractivity contribution in [1.29, 1.82) is 0 Å². The van der Waals surface area contributed by atoms with Gasteiger partial charge in [-0.25, -0.2) is 0 Å². The minimum atomic E-state index is -1.91. The van der Waals surface area contributed by atoms with Gasteiger partial charge in [-0.3, -0.25) is 4.79 Å². The van der Waals surface area contributed by atoms with Crippen molar-refractivity contribution in [3.05, 3.63) is 35.9 Å². The van der Waals surface area contributed by atoms with E-state index in [1.54, 1.807) is 0 Å². The van der Waals surface area contributed by atoms with Crippen molar-refractivity contribution < 1.29 is 9.90 Å². The fourth-order valence-electron chi connectivity index (χ4n) is 1.88. The predicted octanol–water partition coefficient (Wildman–Crippen LogP) is 2.59. The topological polar surface area (TPSA) is 49.3 Å². The van der Waals surface area contributed by atoms with E-state index in [2.05, 4.69) is 5.32 Å². The molecule has 0 unspecified atom stereocenters. The maximum atomic E-state index is 11.8. The smallest absolute Gasteiger partial charge is 0.234 e. The lowest BCUT2D eigenvalue weighted by atomic mass is 10.1. The van der Waals surface area contributed by atoms with E-state index in [-0.39, 0.29) is 17.7 Å². The Morgan fingerprint density at radius 2 is 1.94 bits per heavy atom. The molecule has 1 aromatic rings. The molecular formula is C12H12Cl3NO2. The largest absolute Gasteiger partial charge is 0.369 e. The lowest BCUT2D eigenvalue weighted by molar-refractivity contribution is -0.125. The summed E-state index contributed by atoms with van der Waals surface area (Å²) < 4.78 is -1.91. The lowest BCUT2D eigenvalue weighted by Gasteiger charge is -2.19. The van der Waals surface area contributed by atoms with Gasteiger partial charge >= 0.3 is 0 Å². The van der Waals surface area contributed by atoms with Crippen LogP contribution in [0.3, 0.4) is 0 Å². The zero-order valence-electron chi connectivity index (χ0n) is 9.32. The van der Waals surface area contributed by atoms with Crippen LogP contribution in [0.4, 0.5) is 0 Å². The summed E-state index contributed by atoms with van der Waals surface area (Å²) in [6.45, 7) is 0. The third-order valence-electron chi connectivity index (χ3n) is 2.94. The molecule has 3 nitrogen and oxygen atoms in total. The lowest BCUT2D eigenvalue weighted by Crippen LogP contribution is -2.44. The highest BCUT2D eigenvalue weighted by Crippen LogP contribution is 2.47. The molecule has 1 aliphatic carbocycles. The Morgan fingerprint density at radius 3 is 2.50 bits per heavy atom. The quantitative estimate of drug-likeness (QED) is 0.666. The Balaban J connectivity index is 1.91. The molecule has 2 rings (SSSR count). The molecule has 1 fully saturated rings. The van der Waals surface area contributed by atoms with Gasteiger partial charge in [-0.05, 0) is 17.9 Å². The summed E-state index contributed by atoms with van der Waals surface area (Å²) in [5, 5.41) is 11.8. The van der Waals surface area contributed by atoms with E-state index < -0.39 is 10.0 Å². The van der Waals surface area contributed by atoms with Crippen LogP contribution in [0.25, 0.3) is 0 Å². The van der Waals surface area contributed by atoms with Gasteiger partial charge < -0.3 is 10.4 Å². The number of hydrogen-bond donors (Lipinski definition) is 2. The molecule has 0 heterocycles. The number of carbonyl (C=O) groups excluding carboxylic acids is 1. The van der Waals surface area contributed by atoms with E-state index in [1.165, 1.54) is 0 Å². The van der Waals surface area contributed by atoms with Crippen molar-refractivity contribution in [3.63, 3.8) is 0 Å². The van der Waals surface area contributed by atoms with Crippen molar-refractivity contribution in [1.82, 2.24) is 5.32 Å². The second-order valence-electron chi connectivity index (χ2n) is 4.31. The molecule has 0 saturated heterocycles. The van der Waals surface area contributed by atoms with Crippen molar-refractivity contribution >= 4 is 40.7 Å². The molecule has 0 bridgehead atoms. The van der Waals surface area contributed by atoms with Gasteiger partial charge in [0.25, 0.3) is 0 Å². The van der Waals surface area contributed by atoms with Gasteiger partial charge in [0.05, 0.1) is 0 Å². The second-order valence-corrected chi connectivity index (χ2v) is 6.68. The van der Waals surface area contributed by atoms with Gasteiger partial charge in [0, 0.05) is 5.92 Å². The second kappa shape index (κ2) is 5.25. The van der Waals surface area contributed by atoms with Crippen LogP contribution in [0.2, 0.25) is 0 Å². The average molecular weight is 309 g/mol. The van der Waals surface area contributed by atoms with Gasteiger partial charge in [0.2, 0.25) is 9.70 Å². The van der Waals surface area contributed by atoms with Crippen molar-refractivity contribution in [2.24, 2.45) is 5.92 Å². The maximum Gasteiger partial charge on any atom is 0.234 e. The Morgan fingerprint density at radius 1 is 1.33 bits per heavy atom. The normalized spacial score (nSPS) is 24.4. The summed E-state index contributed by atoms with van der Waals surface area (Å²) in [5.74, 6) is -0.258. The standard InChI is InChI=1S/C12H12Cl3NO2/c13-12(14,15)11(18)16-10(17)9-6-8(9)7-4-2-1-3-5-7/h1-5,8-9,11,18H,6H2,(H,16,17)/t8-,9+,11-/m1/s1. The first kappa shape index (κ1) is 13.9. The number of aliphatic hydroxyl groups excluding tert-OH is 1. The molecule has 0 aliphatic heterocycles. The summed E-state index contributed by atoms with van der Waals surface area (Å²) >= 11 is 16.4. The fourth-order valence-corrected chi connectivity index (χ4v) is 2.04. The van der Waals surface area contributed by atoms with E-state index in [0.717, 1.165) is 12.0 Å². The maximum absolute atomic E-state index is 11.8. The highest BCUT2D eigenvalue weighted by Gasteiger charge is 2.45. The van der Waals surface area contributed by atoms with Crippen LogP contribution in [-0.4, -0.2) is 21.0 Å². The zero-order chi connectivity index (χ0) is 13.3. The molecule has 0 spiro atoms. The van der Waals surface area contributed by atoms with Crippen LogP contribution >= 0.6 is 34.8 Å².